The fourth-order valence-corrected chi connectivity index (χ4v) is 6.92. The second kappa shape index (κ2) is 5.25. The molecule has 0 aromatic rings. The van der Waals surface area contributed by atoms with Crippen LogP contribution < -0.4 is 0 Å². The van der Waals surface area contributed by atoms with Gasteiger partial charge in [0.15, 0.2) is 5.78 Å². The van der Waals surface area contributed by atoms with Gasteiger partial charge in [-0.15, -0.1) is 0 Å². The molecule has 0 spiro atoms. The summed E-state index contributed by atoms with van der Waals surface area (Å²) in [4.78, 5) is 37.5. The first-order chi connectivity index (χ1) is 11.7. The van der Waals surface area contributed by atoms with E-state index in [0.717, 1.165) is 24.8 Å². The lowest BCUT2D eigenvalue weighted by Crippen LogP contribution is -2.54. The van der Waals surface area contributed by atoms with Gasteiger partial charge in [-0.25, -0.2) is 0 Å². The highest BCUT2D eigenvalue weighted by molar-refractivity contribution is 5.94. The van der Waals surface area contributed by atoms with E-state index in [-0.39, 0.29) is 40.2 Å². The van der Waals surface area contributed by atoms with Crippen LogP contribution in [0.15, 0.2) is 23.3 Å². The van der Waals surface area contributed by atoms with Gasteiger partial charge in [-0.1, -0.05) is 25.5 Å². The zero-order chi connectivity index (χ0) is 18.1. The van der Waals surface area contributed by atoms with Crippen LogP contribution in [-0.2, 0) is 14.4 Å². The molecule has 0 aliphatic heterocycles. The van der Waals surface area contributed by atoms with Crippen LogP contribution in [0.25, 0.3) is 0 Å². The summed E-state index contributed by atoms with van der Waals surface area (Å²) in [6.45, 7) is 8.14. The molecule has 0 amide bonds. The number of allylic oxidation sites excluding steroid dienone is 4. The maximum absolute atomic E-state index is 13.3. The van der Waals surface area contributed by atoms with Crippen molar-refractivity contribution in [3.63, 3.8) is 0 Å². The van der Waals surface area contributed by atoms with Crippen molar-refractivity contribution in [3.05, 3.63) is 23.3 Å². The molecule has 0 N–H and O–H groups in total. The molecule has 0 saturated heterocycles. The van der Waals surface area contributed by atoms with Crippen molar-refractivity contribution in [2.24, 2.45) is 34.5 Å². The lowest BCUT2D eigenvalue weighted by Gasteiger charge is -2.55. The summed E-state index contributed by atoms with van der Waals surface area (Å²) in [5, 5.41) is 0. The number of Topliss-reactive ketones (excluding diaryl/α,β-unsaturated/α-hetero) is 2. The molecule has 4 aliphatic rings. The number of fused-ring (bicyclic) bond motifs is 5. The summed E-state index contributed by atoms with van der Waals surface area (Å²) < 4.78 is 0. The number of hydrogen-bond donors (Lipinski definition) is 0. The van der Waals surface area contributed by atoms with Gasteiger partial charge in [0, 0.05) is 30.1 Å². The highest BCUT2D eigenvalue weighted by atomic mass is 16.1. The molecule has 0 unspecified atom stereocenters. The molecule has 6 atom stereocenters. The van der Waals surface area contributed by atoms with Crippen LogP contribution in [0.3, 0.4) is 0 Å². The largest absolute Gasteiger partial charge is 0.300 e. The van der Waals surface area contributed by atoms with Crippen LogP contribution in [0.2, 0.25) is 0 Å². The minimum absolute atomic E-state index is 0.0220. The first-order valence-corrected chi connectivity index (χ1v) is 9.65. The molecule has 0 aromatic carbocycles. The number of carbonyl (C=O) groups is 3. The summed E-state index contributed by atoms with van der Waals surface area (Å²) in [7, 11) is 0. The van der Waals surface area contributed by atoms with E-state index in [1.165, 1.54) is 5.57 Å². The molecule has 2 fully saturated rings. The van der Waals surface area contributed by atoms with Gasteiger partial charge in [-0.2, -0.15) is 0 Å². The van der Waals surface area contributed by atoms with Gasteiger partial charge in [-0.3, -0.25) is 14.4 Å². The van der Waals surface area contributed by atoms with E-state index in [9.17, 15) is 14.4 Å². The van der Waals surface area contributed by atoms with Crippen LogP contribution in [0.4, 0.5) is 0 Å². The average Bonchev–Trinajstić information content (AvgIpc) is 2.85. The zero-order valence-electron chi connectivity index (χ0n) is 15.7. The SMILES string of the molecule is CC(=O)[C@H]1CC[C@H]2[C@@H]3C=C(C)C4=CC(=O)CC[C@]4(C)[C@H]3C(=O)C[C@]12C. The minimum atomic E-state index is -0.218. The van der Waals surface area contributed by atoms with Crippen molar-refractivity contribution in [3.8, 4) is 0 Å². The first-order valence-electron chi connectivity index (χ1n) is 9.65. The van der Waals surface area contributed by atoms with E-state index in [2.05, 4.69) is 26.8 Å². The van der Waals surface area contributed by atoms with E-state index in [0.29, 0.717) is 24.5 Å². The number of hydrogen-bond acceptors (Lipinski definition) is 3. The van der Waals surface area contributed by atoms with Gasteiger partial charge in [0.25, 0.3) is 0 Å². The van der Waals surface area contributed by atoms with E-state index in [4.69, 9.17) is 0 Å². The van der Waals surface area contributed by atoms with Gasteiger partial charge in [0.1, 0.15) is 11.6 Å². The van der Waals surface area contributed by atoms with Crippen LogP contribution >= 0.6 is 0 Å². The number of rotatable bonds is 1. The Hall–Kier alpha value is -1.51. The molecule has 0 aromatic heterocycles. The molecular formula is C22H28O3. The van der Waals surface area contributed by atoms with Gasteiger partial charge in [0.05, 0.1) is 0 Å². The molecule has 0 heterocycles. The Morgan fingerprint density at radius 2 is 1.92 bits per heavy atom. The molecule has 0 radical (unpaired) electrons. The van der Waals surface area contributed by atoms with Crippen molar-refractivity contribution < 1.29 is 14.4 Å². The zero-order valence-corrected chi connectivity index (χ0v) is 15.7. The van der Waals surface area contributed by atoms with E-state index >= 15 is 0 Å². The van der Waals surface area contributed by atoms with Gasteiger partial charge < -0.3 is 0 Å². The van der Waals surface area contributed by atoms with Gasteiger partial charge in [-0.05, 0) is 62.0 Å². The van der Waals surface area contributed by atoms with Crippen molar-refractivity contribution in [2.45, 2.75) is 59.8 Å². The van der Waals surface area contributed by atoms with Gasteiger partial charge >= 0.3 is 0 Å². The van der Waals surface area contributed by atoms with E-state index < -0.39 is 0 Å². The lowest BCUT2D eigenvalue weighted by atomic mass is 9.47. The minimum Gasteiger partial charge on any atom is -0.300 e. The normalized spacial score (nSPS) is 45.9. The van der Waals surface area contributed by atoms with E-state index in [1.54, 1.807) is 13.0 Å². The van der Waals surface area contributed by atoms with Gasteiger partial charge in [0.2, 0.25) is 0 Å². The molecule has 134 valence electrons. The van der Waals surface area contributed by atoms with Crippen LogP contribution in [-0.4, -0.2) is 17.3 Å². The molecule has 3 nitrogen and oxygen atoms in total. The second-order valence-corrected chi connectivity index (χ2v) is 9.34. The Morgan fingerprint density at radius 1 is 1.20 bits per heavy atom. The second-order valence-electron chi connectivity index (χ2n) is 9.34. The van der Waals surface area contributed by atoms with Crippen LogP contribution in [0.1, 0.15) is 59.8 Å². The molecular weight excluding hydrogens is 312 g/mol. The Balaban J connectivity index is 1.84. The third kappa shape index (κ3) is 2.14. The summed E-state index contributed by atoms with van der Waals surface area (Å²) in [5.74, 6) is 1.34. The summed E-state index contributed by atoms with van der Waals surface area (Å²) in [6.07, 6.45) is 7.84. The third-order valence-electron chi connectivity index (χ3n) is 8.02. The Morgan fingerprint density at radius 3 is 2.60 bits per heavy atom. The summed E-state index contributed by atoms with van der Waals surface area (Å²) in [6, 6.07) is 0. The Labute approximate surface area is 149 Å². The maximum atomic E-state index is 13.3. The lowest BCUT2D eigenvalue weighted by molar-refractivity contribution is -0.143. The third-order valence-corrected chi connectivity index (χ3v) is 8.02. The number of ketones is 3. The standard InChI is InChI=1S/C22H28O3/c1-12-9-15-17-6-5-16(13(2)23)22(17,4)11-19(25)20(15)21(3)8-7-14(24)10-18(12)21/h9-10,15-17,20H,5-8,11H2,1-4H3/t15-,16+,17-,20+,21-,22+/m0/s1. The highest BCUT2D eigenvalue weighted by Gasteiger charge is 2.62. The van der Waals surface area contributed by atoms with Crippen molar-refractivity contribution >= 4 is 17.3 Å². The smallest absolute Gasteiger partial charge is 0.156 e. The highest BCUT2D eigenvalue weighted by Crippen LogP contribution is 2.64. The van der Waals surface area contributed by atoms with Crippen LogP contribution in [0.5, 0.6) is 0 Å². The first kappa shape index (κ1) is 16.9. The average molecular weight is 340 g/mol. The topological polar surface area (TPSA) is 51.2 Å². The quantitative estimate of drug-likeness (QED) is 0.723. The molecule has 3 heteroatoms. The number of carbonyl (C=O) groups excluding carboxylic acids is 3. The van der Waals surface area contributed by atoms with Crippen molar-refractivity contribution in [1.82, 2.24) is 0 Å². The monoisotopic (exact) mass is 340 g/mol. The molecule has 25 heavy (non-hydrogen) atoms. The van der Waals surface area contributed by atoms with Crippen LogP contribution in [0, 0.1) is 34.5 Å². The predicted molar refractivity (Wildman–Crippen MR) is 95.8 cm³/mol. The molecule has 4 rings (SSSR count). The predicted octanol–water partition coefficient (Wildman–Crippen LogP) is 4.07. The summed E-state index contributed by atoms with van der Waals surface area (Å²) >= 11 is 0. The maximum Gasteiger partial charge on any atom is 0.156 e. The molecule has 2 saturated carbocycles. The van der Waals surface area contributed by atoms with Crippen molar-refractivity contribution in [1.29, 1.82) is 0 Å². The summed E-state index contributed by atoms with van der Waals surface area (Å²) in [5.41, 5.74) is 1.84. The fourth-order valence-electron chi connectivity index (χ4n) is 6.92. The Bertz CT molecular complexity index is 742. The molecule has 4 aliphatic carbocycles. The van der Waals surface area contributed by atoms with Crippen molar-refractivity contribution in [2.75, 3.05) is 0 Å². The molecule has 0 bridgehead atoms. The fraction of sp³-hybridized carbons (Fsp3) is 0.682. The Kier molecular flexibility index (Phi) is 3.55. The van der Waals surface area contributed by atoms with E-state index in [1.807, 2.05) is 0 Å².